The number of amides is 1. The van der Waals surface area contributed by atoms with Crippen molar-refractivity contribution in [1.29, 1.82) is 0 Å². The summed E-state index contributed by atoms with van der Waals surface area (Å²) in [4.78, 5) is 25.4. The molecule has 0 N–H and O–H groups in total. The fourth-order valence-corrected chi connectivity index (χ4v) is 5.24. The van der Waals surface area contributed by atoms with Crippen LogP contribution in [0.2, 0.25) is 5.02 Å². The lowest BCUT2D eigenvalue weighted by atomic mass is 10.00. The van der Waals surface area contributed by atoms with Crippen LogP contribution >= 0.6 is 11.6 Å². The molecular weight excluding hydrogens is 440 g/mol. The summed E-state index contributed by atoms with van der Waals surface area (Å²) < 4.78 is 8.18. The third kappa shape index (κ3) is 2.97. The van der Waals surface area contributed by atoms with E-state index in [1.807, 2.05) is 42.2 Å². The van der Waals surface area contributed by atoms with E-state index < -0.39 is 0 Å². The normalized spacial score (nSPS) is 17.6. The predicted octanol–water partition coefficient (Wildman–Crippen LogP) is 3.43. The topological polar surface area (TPSA) is 76.4 Å². The number of piperazine rings is 1. The summed E-state index contributed by atoms with van der Waals surface area (Å²) in [6.45, 7) is 5.77. The Morgan fingerprint density at radius 2 is 2.15 bits per heavy atom. The second-order valence-corrected chi connectivity index (χ2v) is 8.69. The fraction of sp³-hybridized carbons (Fsp3) is 0.250. The van der Waals surface area contributed by atoms with Gasteiger partial charge in [-0.2, -0.15) is 5.10 Å². The van der Waals surface area contributed by atoms with Gasteiger partial charge >= 0.3 is 0 Å². The first-order valence-corrected chi connectivity index (χ1v) is 11.1. The van der Waals surface area contributed by atoms with Crippen LogP contribution in [-0.4, -0.2) is 62.8 Å². The minimum absolute atomic E-state index is 0.0480. The largest absolute Gasteiger partial charge is 0.489 e. The van der Waals surface area contributed by atoms with E-state index in [1.165, 1.54) is 6.08 Å². The molecule has 166 valence electrons. The van der Waals surface area contributed by atoms with Gasteiger partial charge in [0, 0.05) is 43.2 Å². The molecule has 8 nitrogen and oxygen atoms in total. The molecule has 4 heterocycles. The summed E-state index contributed by atoms with van der Waals surface area (Å²) in [7, 11) is 1.92. The zero-order chi connectivity index (χ0) is 22.7. The molecular formula is C24H21ClN6O2. The first-order valence-electron chi connectivity index (χ1n) is 10.8. The number of aryl methyl sites for hydroxylation is 1. The van der Waals surface area contributed by atoms with Crippen LogP contribution < -0.4 is 9.64 Å². The van der Waals surface area contributed by atoms with Crippen LogP contribution in [-0.2, 0) is 11.8 Å². The monoisotopic (exact) mass is 460 g/mol. The van der Waals surface area contributed by atoms with Crippen LogP contribution in [0.5, 0.6) is 5.75 Å². The van der Waals surface area contributed by atoms with Crippen molar-refractivity contribution >= 4 is 45.1 Å². The van der Waals surface area contributed by atoms with Gasteiger partial charge in [-0.25, -0.2) is 9.97 Å². The van der Waals surface area contributed by atoms with E-state index in [0.717, 1.165) is 38.8 Å². The Morgan fingerprint density at radius 3 is 3.00 bits per heavy atom. The number of nitrogens with zero attached hydrogens (tertiary/aromatic N) is 6. The molecule has 0 saturated carbocycles. The highest BCUT2D eigenvalue weighted by Crippen LogP contribution is 2.46. The molecule has 1 saturated heterocycles. The summed E-state index contributed by atoms with van der Waals surface area (Å²) in [6.07, 6.45) is 4.77. The minimum Gasteiger partial charge on any atom is -0.489 e. The van der Waals surface area contributed by atoms with Crippen molar-refractivity contribution in [2.75, 3.05) is 31.1 Å². The standard InChI is InChI=1S/C24H21ClN6O2/c1-3-19(32)30-7-8-31-15(11-30)12-33-23-20-18(26-13-27-24(20)31)9-17(21(23)25)16-6-4-5-14-10-28-29(2)22(14)16/h3-6,9-10,13,15H,1,7-8,11-12H2,2H3/t15-/m0/s1. The maximum Gasteiger partial charge on any atom is 0.246 e. The lowest BCUT2D eigenvalue weighted by Crippen LogP contribution is -2.56. The molecule has 1 amide bonds. The van der Waals surface area contributed by atoms with E-state index in [1.54, 1.807) is 11.2 Å². The smallest absolute Gasteiger partial charge is 0.246 e. The Bertz CT molecular complexity index is 1450. The third-order valence-electron chi connectivity index (χ3n) is 6.51. The van der Waals surface area contributed by atoms with Crippen LogP contribution in [0, 0.1) is 0 Å². The Kier molecular flexibility index (Phi) is 4.51. The molecule has 4 aromatic rings. The van der Waals surface area contributed by atoms with E-state index in [0.29, 0.717) is 37.0 Å². The number of fused-ring (bicyclic) bond motifs is 3. The highest BCUT2D eigenvalue weighted by atomic mass is 35.5. The van der Waals surface area contributed by atoms with Crippen LogP contribution in [0.1, 0.15) is 0 Å². The number of benzene rings is 2. The molecule has 2 aromatic carbocycles. The van der Waals surface area contributed by atoms with E-state index in [-0.39, 0.29) is 11.9 Å². The molecule has 9 heteroatoms. The number of rotatable bonds is 2. The number of hydrogen-bond donors (Lipinski definition) is 0. The van der Waals surface area contributed by atoms with E-state index in [4.69, 9.17) is 16.3 Å². The minimum atomic E-state index is -0.0752. The molecule has 2 aliphatic rings. The number of aromatic nitrogens is 4. The van der Waals surface area contributed by atoms with Crippen LogP contribution in [0.4, 0.5) is 5.82 Å². The van der Waals surface area contributed by atoms with Crippen molar-refractivity contribution in [2.45, 2.75) is 6.04 Å². The Balaban J connectivity index is 1.53. The van der Waals surface area contributed by atoms with Crippen LogP contribution in [0.15, 0.2) is 49.4 Å². The van der Waals surface area contributed by atoms with Gasteiger partial charge in [-0.3, -0.25) is 9.48 Å². The van der Waals surface area contributed by atoms with Crippen molar-refractivity contribution in [3.05, 3.63) is 54.5 Å². The molecule has 1 atom stereocenters. The van der Waals surface area contributed by atoms with Crippen molar-refractivity contribution in [3.63, 3.8) is 0 Å². The molecule has 2 aromatic heterocycles. The molecule has 0 aliphatic carbocycles. The van der Waals surface area contributed by atoms with Gasteiger partial charge < -0.3 is 14.5 Å². The van der Waals surface area contributed by atoms with Crippen molar-refractivity contribution < 1.29 is 9.53 Å². The third-order valence-corrected chi connectivity index (χ3v) is 6.89. The zero-order valence-electron chi connectivity index (χ0n) is 18.0. The number of carbonyl (C=O) groups excluding carboxylic acids is 1. The molecule has 0 radical (unpaired) electrons. The lowest BCUT2D eigenvalue weighted by Gasteiger charge is -2.40. The summed E-state index contributed by atoms with van der Waals surface area (Å²) >= 11 is 7.01. The van der Waals surface area contributed by atoms with Crippen molar-refractivity contribution in [3.8, 4) is 16.9 Å². The quantitative estimate of drug-likeness (QED) is 0.426. The van der Waals surface area contributed by atoms with Crippen LogP contribution in [0.25, 0.3) is 32.9 Å². The Hall–Kier alpha value is -3.65. The van der Waals surface area contributed by atoms with Gasteiger partial charge in [0.15, 0.2) is 5.75 Å². The van der Waals surface area contributed by atoms with Gasteiger partial charge in [-0.15, -0.1) is 0 Å². The molecule has 33 heavy (non-hydrogen) atoms. The maximum absolute atomic E-state index is 12.2. The summed E-state index contributed by atoms with van der Waals surface area (Å²) in [5.74, 6) is 1.29. The van der Waals surface area contributed by atoms with Gasteiger partial charge in [0.25, 0.3) is 0 Å². The number of ether oxygens (including phenoxy) is 1. The van der Waals surface area contributed by atoms with Gasteiger partial charge in [0.2, 0.25) is 5.91 Å². The van der Waals surface area contributed by atoms with Gasteiger partial charge in [-0.1, -0.05) is 36.4 Å². The average molecular weight is 461 g/mol. The lowest BCUT2D eigenvalue weighted by molar-refractivity contribution is -0.126. The van der Waals surface area contributed by atoms with Crippen molar-refractivity contribution in [2.24, 2.45) is 7.05 Å². The summed E-state index contributed by atoms with van der Waals surface area (Å²) in [5.41, 5.74) is 3.55. The Labute approximate surface area is 195 Å². The van der Waals surface area contributed by atoms with E-state index in [2.05, 4.69) is 26.5 Å². The zero-order valence-corrected chi connectivity index (χ0v) is 18.8. The summed E-state index contributed by atoms with van der Waals surface area (Å²) in [6, 6.07) is 8.00. The van der Waals surface area contributed by atoms with Crippen molar-refractivity contribution in [1.82, 2.24) is 24.6 Å². The second-order valence-electron chi connectivity index (χ2n) is 8.32. The van der Waals surface area contributed by atoms with E-state index >= 15 is 0 Å². The first kappa shape index (κ1) is 20.0. The molecule has 0 bridgehead atoms. The Morgan fingerprint density at radius 1 is 1.27 bits per heavy atom. The molecule has 6 rings (SSSR count). The number of anilines is 1. The predicted molar refractivity (Wildman–Crippen MR) is 128 cm³/mol. The van der Waals surface area contributed by atoms with Gasteiger partial charge in [0.1, 0.15) is 18.8 Å². The molecule has 2 aliphatic heterocycles. The highest BCUT2D eigenvalue weighted by Gasteiger charge is 2.35. The van der Waals surface area contributed by atoms with Gasteiger partial charge in [-0.05, 0) is 12.1 Å². The number of para-hydroxylation sites is 1. The number of carbonyl (C=O) groups is 1. The second kappa shape index (κ2) is 7.45. The fourth-order valence-electron chi connectivity index (χ4n) is 4.93. The molecule has 0 unspecified atom stereocenters. The number of hydrogen-bond acceptors (Lipinski definition) is 6. The van der Waals surface area contributed by atoms with E-state index in [9.17, 15) is 4.79 Å². The first-order chi connectivity index (χ1) is 16.1. The number of halogens is 1. The SMILES string of the molecule is C=CC(=O)N1CCN2c3ncnc4cc(-c5cccc6cnn(C)c56)c(Cl)c(c34)OC[C@@H]2C1. The molecule has 0 spiro atoms. The average Bonchev–Trinajstić information content (AvgIpc) is 3.14. The molecule has 1 fully saturated rings. The van der Waals surface area contributed by atoms with Gasteiger partial charge in [0.05, 0.1) is 33.7 Å². The van der Waals surface area contributed by atoms with Crippen LogP contribution in [0.3, 0.4) is 0 Å². The maximum atomic E-state index is 12.2. The highest BCUT2D eigenvalue weighted by molar-refractivity contribution is 6.37. The summed E-state index contributed by atoms with van der Waals surface area (Å²) in [5, 5.41) is 6.76.